The minimum atomic E-state index is 0.501. The van der Waals surface area contributed by atoms with Gasteiger partial charge in [-0.25, -0.2) is 9.97 Å². The van der Waals surface area contributed by atoms with E-state index in [4.69, 9.17) is 0 Å². The van der Waals surface area contributed by atoms with E-state index in [1.54, 1.807) is 0 Å². The van der Waals surface area contributed by atoms with Gasteiger partial charge in [0, 0.05) is 44.6 Å². The Hall–Kier alpha value is -1.16. The average Bonchev–Trinajstić information content (AvgIpc) is 2.45. The molecule has 3 heterocycles. The minimum Gasteiger partial charge on any atom is -0.341 e. The second kappa shape index (κ2) is 5.56. The lowest BCUT2D eigenvalue weighted by atomic mass is 9.71. The third-order valence-corrected chi connectivity index (χ3v) is 5.24. The zero-order valence-corrected chi connectivity index (χ0v) is 13.8. The summed E-state index contributed by atoms with van der Waals surface area (Å²) in [6, 6.07) is 0.695. The molecule has 2 saturated heterocycles. The first kappa shape index (κ1) is 14.8. The Morgan fingerprint density at radius 1 is 1.00 bits per heavy atom. The van der Waals surface area contributed by atoms with Crippen LogP contribution in [0.25, 0.3) is 0 Å². The van der Waals surface area contributed by atoms with Crippen molar-refractivity contribution in [1.29, 1.82) is 0 Å². The molecule has 1 spiro atoms. The van der Waals surface area contributed by atoms with Crippen molar-refractivity contribution >= 4 is 5.95 Å². The fourth-order valence-electron chi connectivity index (χ4n) is 3.47. The number of likely N-dealkylation sites (tertiary alicyclic amines) is 1. The van der Waals surface area contributed by atoms with Gasteiger partial charge in [0.1, 0.15) is 0 Å². The summed E-state index contributed by atoms with van der Waals surface area (Å²) in [5.41, 5.74) is 1.80. The van der Waals surface area contributed by atoms with Gasteiger partial charge in [0.15, 0.2) is 0 Å². The van der Waals surface area contributed by atoms with Crippen LogP contribution in [0.5, 0.6) is 0 Å². The number of hydrogen-bond donors (Lipinski definition) is 0. The smallest absolute Gasteiger partial charge is 0.225 e. The normalized spacial score (nSPS) is 22.1. The van der Waals surface area contributed by atoms with Crippen molar-refractivity contribution in [3.8, 4) is 0 Å². The molecule has 2 aliphatic heterocycles. The summed E-state index contributed by atoms with van der Waals surface area (Å²) in [7, 11) is 0. The van der Waals surface area contributed by atoms with Gasteiger partial charge in [-0.2, -0.15) is 0 Å². The molecule has 2 fully saturated rings. The fraction of sp³-hybridized carbons (Fsp3) is 0.765. The van der Waals surface area contributed by atoms with Gasteiger partial charge in [0.25, 0.3) is 0 Å². The molecule has 2 aliphatic rings. The van der Waals surface area contributed by atoms with Gasteiger partial charge in [-0.3, -0.25) is 4.90 Å². The molecule has 0 saturated carbocycles. The fourth-order valence-corrected chi connectivity index (χ4v) is 3.47. The van der Waals surface area contributed by atoms with E-state index in [0.717, 1.165) is 19.0 Å². The molecule has 3 rings (SSSR count). The lowest BCUT2D eigenvalue weighted by molar-refractivity contribution is -0.0382. The van der Waals surface area contributed by atoms with Crippen molar-refractivity contribution in [2.75, 3.05) is 31.1 Å². The van der Waals surface area contributed by atoms with Gasteiger partial charge in [-0.15, -0.1) is 0 Å². The summed E-state index contributed by atoms with van der Waals surface area (Å²) in [5.74, 6) is 1.41. The van der Waals surface area contributed by atoms with Gasteiger partial charge >= 0.3 is 0 Å². The zero-order chi connectivity index (χ0) is 15.0. The molecule has 0 unspecified atom stereocenters. The summed E-state index contributed by atoms with van der Waals surface area (Å²) in [5, 5.41) is 0. The maximum Gasteiger partial charge on any atom is 0.225 e. The molecule has 0 aliphatic carbocycles. The van der Waals surface area contributed by atoms with E-state index in [2.05, 4.69) is 47.5 Å². The van der Waals surface area contributed by atoms with E-state index in [0.29, 0.717) is 17.4 Å². The number of piperidine rings is 1. The lowest BCUT2D eigenvalue weighted by Crippen LogP contribution is -2.62. The van der Waals surface area contributed by atoms with Crippen LogP contribution in [0.1, 0.15) is 52.0 Å². The van der Waals surface area contributed by atoms with Crippen molar-refractivity contribution in [1.82, 2.24) is 14.9 Å². The van der Waals surface area contributed by atoms with Crippen LogP contribution in [0.3, 0.4) is 0 Å². The summed E-state index contributed by atoms with van der Waals surface area (Å²) in [4.78, 5) is 14.1. The van der Waals surface area contributed by atoms with Gasteiger partial charge in [0.2, 0.25) is 5.95 Å². The molecule has 4 nitrogen and oxygen atoms in total. The number of anilines is 1. The third-order valence-electron chi connectivity index (χ3n) is 5.24. The Balaban J connectivity index is 1.56. The van der Waals surface area contributed by atoms with Gasteiger partial charge in [-0.05, 0) is 43.6 Å². The SMILES string of the molecule is CC(C)c1cnc(N2CCC3(CC2)CN(C(C)C)C3)nc1. The van der Waals surface area contributed by atoms with E-state index in [9.17, 15) is 0 Å². The predicted molar refractivity (Wildman–Crippen MR) is 86.7 cm³/mol. The summed E-state index contributed by atoms with van der Waals surface area (Å²) in [6.07, 6.45) is 6.54. The van der Waals surface area contributed by atoms with Crippen molar-refractivity contribution < 1.29 is 0 Å². The molecule has 0 atom stereocenters. The maximum absolute atomic E-state index is 4.56. The highest BCUT2D eigenvalue weighted by Crippen LogP contribution is 2.41. The molecule has 0 radical (unpaired) electrons. The highest BCUT2D eigenvalue weighted by molar-refractivity contribution is 5.32. The number of aromatic nitrogens is 2. The molecule has 0 bridgehead atoms. The molecule has 21 heavy (non-hydrogen) atoms. The van der Waals surface area contributed by atoms with Crippen molar-refractivity contribution in [2.45, 2.75) is 52.5 Å². The molecule has 1 aromatic rings. The van der Waals surface area contributed by atoms with Gasteiger partial charge in [0.05, 0.1) is 0 Å². The monoisotopic (exact) mass is 288 g/mol. The van der Waals surface area contributed by atoms with Crippen LogP contribution in [-0.4, -0.2) is 47.1 Å². The molecule has 116 valence electrons. The van der Waals surface area contributed by atoms with Crippen molar-refractivity contribution in [2.24, 2.45) is 5.41 Å². The van der Waals surface area contributed by atoms with Crippen LogP contribution in [0.2, 0.25) is 0 Å². The molecular formula is C17H28N4. The second-order valence-corrected chi connectivity index (χ2v) is 7.46. The van der Waals surface area contributed by atoms with Crippen LogP contribution in [0.15, 0.2) is 12.4 Å². The lowest BCUT2D eigenvalue weighted by Gasteiger charge is -2.55. The van der Waals surface area contributed by atoms with Crippen LogP contribution >= 0.6 is 0 Å². The standard InChI is InChI=1S/C17H28N4/c1-13(2)15-9-18-16(19-10-15)20-7-5-17(6-8-20)11-21(12-17)14(3)4/h9-10,13-14H,5-8,11-12H2,1-4H3. The van der Waals surface area contributed by atoms with E-state index in [1.165, 1.54) is 31.5 Å². The van der Waals surface area contributed by atoms with Gasteiger partial charge in [-0.1, -0.05) is 13.8 Å². The van der Waals surface area contributed by atoms with Crippen LogP contribution in [0, 0.1) is 5.41 Å². The van der Waals surface area contributed by atoms with Crippen LogP contribution in [-0.2, 0) is 0 Å². The predicted octanol–water partition coefficient (Wildman–Crippen LogP) is 2.91. The van der Waals surface area contributed by atoms with E-state index in [1.807, 2.05) is 12.4 Å². The highest BCUT2D eigenvalue weighted by Gasteiger charge is 2.45. The van der Waals surface area contributed by atoms with E-state index < -0.39 is 0 Å². The molecule has 0 amide bonds. The summed E-state index contributed by atoms with van der Waals surface area (Å²) in [6.45, 7) is 13.7. The number of hydrogen-bond acceptors (Lipinski definition) is 4. The molecular weight excluding hydrogens is 260 g/mol. The van der Waals surface area contributed by atoms with E-state index >= 15 is 0 Å². The Bertz CT molecular complexity index is 464. The molecule has 0 aromatic carbocycles. The summed E-state index contributed by atoms with van der Waals surface area (Å²) < 4.78 is 0. The topological polar surface area (TPSA) is 32.3 Å². The Labute approximate surface area is 128 Å². The maximum atomic E-state index is 4.56. The number of nitrogens with zero attached hydrogens (tertiary/aromatic N) is 4. The van der Waals surface area contributed by atoms with E-state index in [-0.39, 0.29) is 0 Å². The van der Waals surface area contributed by atoms with Crippen LogP contribution < -0.4 is 4.90 Å². The van der Waals surface area contributed by atoms with Crippen molar-refractivity contribution in [3.63, 3.8) is 0 Å². The first-order valence-electron chi connectivity index (χ1n) is 8.30. The Morgan fingerprint density at radius 2 is 1.57 bits per heavy atom. The average molecular weight is 288 g/mol. The van der Waals surface area contributed by atoms with Crippen LogP contribution in [0.4, 0.5) is 5.95 Å². The molecule has 0 N–H and O–H groups in total. The Morgan fingerprint density at radius 3 is 2.05 bits per heavy atom. The zero-order valence-electron chi connectivity index (χ0n) is 13.8. The first-order chi connectivity index (χ1) is 9.99. The van der Waals surface area contributed by atoms with Gasteiger partial charge < -0.3 is 4.90 Å². The minimum absolute atomic E-state index is 0.501. The van der Waals surface area contributed by atoms with Crippen molar-refractivity contribution in [3.05, 3.63) is 18.0 Å². The molecule has 4 heteroatoms. The molecule has 1 aromatic heterocycles. The summed E-state index contributed by atoms with van der Waals surface area (Å²) >= 11 is 0. The quantitative estimate of drug-likeness (QED) is 0.856. The number of rotatable bonds is 3. The highest BCUT2D eigenvalue weighted by atomic mass is 15.3. The largest absolute Gasteiger partial charge is 0.341 e. The third kappa shape index (κ3) is 2.91. The first-order valence-corrected chi connectivity index (χ1v) is 8.30. The second-order valence-electron chi connectivity index (χ2n) is 7.46. The Kier molecular flexibility index (Phi) is 3.91.